The normalized spacial score (nSPS) is 10.9. The molecule has 1 aromatic heterocycles. The molecule has 0 aliphatic rings. The summed E-state index contributed by atoms with van der Waals surface area (Å²) in [7, 11) is 0. The van der Waals surface area contributed by atoms with Crippen molar-refractivity contribution in [3.63, 3.8) is 0 Å². The maximum Gasteiger partial charge on any atom is 0.0634 e. The van der Waals surface area contributed by atoms with Crippen molar-refractivity contribution < 1.29 is 0 Å². The van der Waals surface area contributed by atoms with Gasteiger partial charge in [-0.2, -0.15) is 0 Å². The van der Waals surface area contributed by atoms with Gasteiger partial charge >= 0.3 is 0 Å². The van der Waals surface area contributed by atoms with E-state index in [1.165, 1.54) is 5.56 Å². The smallest absolute Gasteiger partial charge is 0.0634 e. The van der Waals surface area contributed by atoms with Gasteiger partial charge in [0.2, 0.25) is 0 Å². The first-order chi connectivity index (χ1) is 9.19. The maximum atomic E-state index is 6.14. The van der Waals surface area contributed by atoms with E-state index >= 15 is 0 Å². The molecular weight excluding hydrogens is 258 g/mol. The van der Waals surface area contributed by atoms with Crippen molar-refractivity contribution in [3.8, 4) is 0 Å². The van der Waals surface area contributed by atoms with Crippen molar-refractivity contribution in [3.05, 3.63) is 58.9 Å². The van der Waals surface area contributed by atoms with E-state index in [0.717, 1.165) is 35.9 Å². The van der Waals surface area contributed by atoms with E-state index in [0.29, 0.717) is 0 Å². The fourth-order valence-electron chi connectivity index (χ4n) is 1.93. The number of halogens is 1. The zero-order chi connectivity index (χ0) is 13.7. The van der Waals surface area contributed by atoms with Crippen LogP contribution in [0.5, 0.6) is 0 Å². The first kappa shape index (κ1) is 13.8. The summed E-state index contributed by atoms with van der Waals surface area (Å²) >= 11 is 6.14. The van der Waals surface area contributed by atoms with Gasteiger partial charge in [0.05, 0.1) is 5.02 Å². The molecule has 0 amide bonds. The Kier molecular flexibility index (Phi) is 4.77. The Morgan fingerprint density at radius 1 is 1.16 bits per heavy atom. The summed E-state index contributed by atoms with van der Waals surface area (Å²) in [5.74, 6) is 0. The van der Waals surface area contributed by atoms with Crippen LogP contribution in [0.1, 0.15) is 18.1 Å². The summed E-state index contributed by atoms with van der Waals surface area (Å²) in [6, 6.07) is 9.96. The number of benzene rings is 1. The Morgan fingerprint density at radius 3 is 2.53 bits per heavy atom. The van der Waals surface area contributed by atoms with Gasteiger partial charge < -0.3 is 5.73 Å². The number of nitrogens with two attached hydrogens (primary N) is 1. The molecule has 0 saturated carbocycles. The van der Waals surface area contributed by atoms with Crippen LogP contribution < -0.4 is 5.73 Å². The van der Waals surface area contributed by atoms with Crippen LogP contribution in [0.4, 0.5) is 5.69 Å². The molecule has 0 atom stereocenters. The van der Waals surface area contributed by atoms with Gasteiger partial charge in [0, 0.05) is 31.2 Å². The predicted molar refractivity (Wildman–Crippen MR) is 79.9 cm³/mol. The van der Waals surface area contributed by atoms with Crippen LogP contribution >= 0.6 is 11.6 Å². The summed E-state index contributed by atoms with van der Waals surface area (Å²) < 4.78 is 0. The molecule has 0 bridgehead atoms. The Labute approximate surface area is 119 Å². The molecule has 19 heavy (non-hydrogen) atoms. The van der Waals surface area contributed by atoms with Crippen molar-refractivity contribution in [2.45, 2.75) is 20.0 Å². The molecule has 1 aromatic carbocycles. The highest BCUT2D eigenvalue weighted by molar-refractivity contribution is 6.31. The van der Waals surface area contributed by atoms with Crippen molar-refractivity contribution in [1.29, 1.82) is 0 Å². The van der Waals surface area contributed by atoms with E-state index < -0.39 is 0 Å². The third-order valence-corrected chi connectivity index (χ3v) is 3.42. The summed E-state index contributed by atoms with van der Waals surface area (Å²) in [5.41, 5.74) is 8.85. The van der Waals surface area contributed by atoms with E-state index in [4.69, 9.17) is 17.3 Å². The summed E-state index contributed by atoms with van der Waals surface area (Å²) in [6.45, 7) is 4.81. The number of rotatable bonds is 5. The van der Waals surface area contributed by atoms with Gasteiger partial charge in [0.1, 0.15) is 0 Å². The first-order valence-electron chi connectivity index (χ1n) is 6.34. The number of hydrogen-bond acceptors (Lipinski definition) is 3. The standard InChI is InChI=1S/C15H18ClN3/c1-2-19(10-12-3-5-14(17)6-4-12)11-13-7-8-18-9-15(13)16/h3-9H,2,10-11,17H2,1H3. The van der Waals surface area contributed by atoms with E-state index in [1.807, 2.05) is 18.2 Å². The molecule has 0 saturated heterocycles. The summed E-state index contributed by atoms with van der Waals surface area (Å²) in [6.07, 6.45) is 3.46. The van der Waals surface area contributed by atoms with E-state index in [-0.39, 0.29) is 0 Å². The molecule has 0 aliphatic carbocycles. The zero-order valence-electron chi connectivity index (χ0n) is 11.0. The predicted octanol–water partition coefficient (Wildman–Crippen LogP) is 3.34. The molecule has 3 nitrogen and oxygen atoms in total. The van der Waals surface area contributed by atoms with E-state index in [1.54, 1.807) is 12.4 Å². The highest BCUT2D eigenvalue weighted by Gasteiger charge is 2.07. The fraction of sp³-hybridized carbons (Fsp3) is 0.267. The Hall–Kier alpha value is -1.58. The lowest BCUT2D eigenvalue weighted by Gasteiger charge is -2.21. The van der Waals surface area contributed by atoms with Crippen LogP contribution in [0.25, 0.3) is 0 Å². The topological polar surface area (TPSA) is 42.1 Å². The van der Waals surface area contributed by atoms with Gasteiger partial charge in [0.25, 0.3) is 0 Å². The first-order valence-corrected chi connectivity index (χ1v) is 6.72. The minimum atomic E-state index is 0.721. The van der Waals surface area contributed by atoms with Crippen molar-refractivity contribution >= 4 is 17.3 Å². The number of anilines is 1. The van der Waals surface area contributed by atoms with Gasteiger partial charge in [-0.25, -0.2) is 0 Å². The van der Waals surface area contributed by atoms with Gasteiger partial charge in [0.15, 0.2) is 0 Å². The number of hydrogen-bond donors (Lipinski definition) is 1. The largest absolute Gasteiger partial charge is 0.399 e. The minimum absolute atomic E-state index is 0.721. The number of nitrogen functional groups attached to an aromatic ring is 1. The molecule has 0 radical (unpaired) electrons. The molecule has 2 rings (SSSR count). The fourth-order valence-corrected chi connectivity index (χ4v) is 2.11. The van der Waals surface area contributed by atoms with E-state index in [9.17, 15) is 0 Å². The van der Waals surface area contributed by atoms with Gasteiger partial charge in [-0.1, -0.05) is 30.7 Å². The lowest BCUT2D eigenvalue weighted by molar-refractivity contribution is 0.271. The molecule has 0 aliphatic heterocycles. The summed E-state index contributed by atoms with van der Waals surface area (Å²) in [5, 5.41) is 0.721. The highest BCUT2D eigenvalue weighted by atomic mass is 35.5. The highest BCUT2D eigenvalue weighted by Crippen LogP contribution is 2.17. The van der Waals surface area contributed by atoms with E-state index in [2.05, 4.69) is 28.9 Å². The average molecular weight is 276 g/mol. The zero-order valence-corrected chi connectivity index (χ0v) is 11.8. The molecule has 0 fully saturated rings. The van der Waals surface area contributed by atoms with Crippen LogP contribution in [-0.2, 0) is 13.1 Å². The number of nitrogens with zero attached hydrogens (tertiary/aromatic N) is 2. The summed E-state index contributed by atoms with van der Waals surface area (Å²) in [4.78, 5) is 6.33. The maximum absolute atomic E-state index is 6.14. The third-order valence-electron chi connectivity index (χ3n) is 3.08. The minimum Gasteiger partial charge on any atom is -0.399 e. The molecule has 0 unspecified atom stereocenters. The number of pyridine rings is 1. The monoisotopic (exact) mass is 275 g/mol. The molecule has 0 spiro atoms. The molecule has 1 heterocycles. The van der Waals surface area contributed by atoms with Gasteiger partial charge in [-0.05, 0) is 35.9 Å². The molecule has 4 heteroatoms. The second-order valence-corrected chi connectivity index (χ2v) is 4.92. The van der Waals surface area contributed by atoms with Crippen LogP contribution in [-0.4, -0.2) is 16.4 Å². The second-order valence-electron chi connectivity index (χ2n) is 4.51. The quantitative estimate of drug-likeness (QED) is 0.851. The molecule has 100 valence electrons. The van der Waals surface area contributed by atoms with Crippen molar-refractivity contribution in [1.82, 2.24) is 9.88 Å². The Bertz CT molecular complexity index is 525. The van der Waals surface area contributed by atoms with Crippen LogP contribution in [0, 0.1) is 0 Å². The van der Waals surface area contributed by atoms with Crippen molar-refractivity contribution in [2.24, 2.45) is 0 Å². The lowest BCUT2D eigenvalue weighted by atomic mass is 10.1. The Morgan fingerprint density at radius 2 is 1.89 bits per heavy atom. The molecular formula is C15H18ClN3. The van der Waals surface area contributed by atoms with Crippen molar-refractivity contribution in [2.75, 3.05) is 12.3 Å². The number of aromatic nitrogens is 1. The average Bonchev–Trinajstić information content (AvgIpc) is 2.43. The third kappa shape index (κ3) is 3.94. The molecule has 2 N–H and O–H groups in total. The Balaban J connectivity index is 2.05. The van der Waals surface area contributed by atoms with Gasteiger partial charge in [-0.15, -0.1) is 0 Å². The second kappa shape index (κ2) is 6.55. The molecule has 2 aromatic rings. The van der Waals surface area contributed by atoms with Crippen LogP contribution in [0.3, 0.4) is 0 Å². The van der Waals surface area contributed by atoms with Crippen LogP contribution in [0.2, 0.25) is 5.02 Å². The van der Waals surface area contributed by atoms with Crippen LogP contribution in [0.15, 0.2) is 42.7 Å². The van der Waals surface area contributed by atoms with Gasteiger partial charge in [-0.3, -0.25) is 9.88 Å². The lowest BCUT2D eigenvalue weighted by Crippen LogP contribution is -2.22. The SMILES string of the molecule is CCN(Cc1ccc(N)cc1)Cc1ccncc1Cl.